The van der Waals surface area contributed by atoms with Gasteiger partial charge in [-0.15, -0.1) is 0 Å². The Bertz CT molecular complexity index is 321. The van der Waals surface area contributed by atoms with E-state index in [2.05, 4.69) is 20.3 Å². The summed E-state index contributed by atoms with van der Waals surface area (Å²) in [4.78, 5) is 21.0. The van der Waals surface area contributed by atoms with Gasteiger partial charge in [0, 0.05) is 13.0 Å². The molecular formula is C9H17N7O. The summed E-state index contributed by atoms with van der Waals surface area (Å²) in [5.74, 6) is 0.350. The molecule has 17 heavy (non-hydrogen) atoms. The second kappa shape index (κ2) is 6.46. The Morgan fingerprint density at radius 1 is 0.882 bits per heavy atom. The predicted octanol–water partition coefficient (Wildman–Crippen LogP) is -0.705. The summed E-state index contributed by atoms with van der Waals surface area (Å²) in [6.45, 7) is 0.888. The Morgan fingerprint density at radius 2 is 1.41 bits per heavy atom. The van der Waals surface area contributed by atoms with Crippen LogP contribution < -0.4 is 22.5 Å². The summed E-state index contributed by atoms with van der Waals surface area (Å²) in [6.07, 6.45) is 4.18. The molecular weight excluding hydrogens is 222 g/mol. The second-order valence-corrected chi connectivity index (χ2v) is 3.57. The van der Waals surface area contributed by atoms with Gasteiger partial charge in [-0.1, -0.05) is 6.42 Å². The summed E-state index contributed by atoms with van der Waals surface area (Å²) in [7, 11) is 0. The maximum Gasteiger partial charge on any atom is 0.226 e. The van der Waals surface area contributed by atoms with Gasteiger partial charge < -0.3 is 22.5 Å². The minimum atomic E-state index is 0.0417. The first-order valence-corrected chi connectivity index (χ1v) is 5.37. The number of carbonyl (C=O) groups excluding carboxylic acids is 1. The highest BCUT2D eigenvalue weighted by molar-refractivity contribution is 5.75. The summed E-state index contributed by atoms with van der Waals surface area (Å²) in [6, 6.07) is 0. The molecule has 1 aromatic heterocycles. The molecule has 0 unspecified atom stereocenters. The molecule has 1 amide bonds. The topological polar surface area (TPSA) is 146 Å². The molecule has 1 aromatic rings. The SMILES string of the molecule is Nc1nc(N)nc(N)n1.O=C1CCCCCN1. The quantitative estimate of drug-likeness (QED) is 0.468. The van der Waals surface area contributed by atoms with E-state index in [1.165, 1.54) is 6.42 Å². The molecule has 0 aromatic carbocycles. The van der Waals surface area contributed by atoms with Gasteiger partial charge in [0.2, 0.25) is 23.8 Å². The van der Waals surface area contributed by atoms with Gasteiger partial charge in [-0.05, 0) is 12.8 Å². The van der Waals surface area contributed by atoms with E-state index in [9.17, 15) is 4.79 Å². The van der Waals surface area contributed by atoms with Crippen LogP contribution in [0.2, 0.25) is 0 Å². The fourth-order valence-electron chi connectivity index (χ4n) is 1.33. The van der Waals surface area contributed by atoms with Crippen molar-refractivity contribution in [3.8, 4) is 0 Å². The Morgan fingerprint density at radius 3 is 1.94 bits per heavy atom. The van der Waals surface area contributed by atoms with Crippen molar-refractivity contribution in [3.05, 3.63) is 0 Å². The minimum Gasteiger partial charge on any atom is -0.368 e. The number of hydrogen-bond acceptors (Lipinski definition) is 7. The third-order valence-corrected chi connectivity index (χ3v) is 2.09. The lowest BCUT2D eigenvalue weighted by Gasteiger charge is -1.93. The van der Waals surface area contributed by atoms with Crippen LogP contribution >= 0.6 is 0 Å². The van der Waals surface area contributed by atoms with Gasteiger partial charge >= 0.3 is 0 Å². The number of hydrogen-bond donors (Lipinski definition) is 4. The van der Waals surface area contributed by atoms with Gasteiger partial charge in [0.15, 0.2) is 0 Å². The van der Waals surface area contributed by atoms with Crippen molar-refractivity contribution in [2.45, 2.75) is 25.7 Å². The van der Waals surface area contributed by atoms with Crippen molar-refractivity contribution < 1.29 is 4.79 Å². The molecule has 1 aliphatic rings. The fraction of sp³-hybridized carbons (Fsp3) is 0.556. The molecule has 1 aliphatic heterocycles. The smallest absolute Gasteiger partial charge is 0.226 e. The highest BCUT2D eigenvalue weighted by Crippen LogP contribution is 2.02. The van der Waals surface area contributed by atoms with Gasteiger partial charge in [0.1, 0.15) is 0 Å². The molecule has 1 fully saturated rings. The van der Waals surface area contributed by atoms with Crippen LogP contribution in [0.1, 0.15) is 25.7 Å². The molecule has 2 rings (SSSR count). The summed E-state index contributed by atoms with van der Waals surface area (Å²) in [5.41, 5.74) is 15.4. The van der Waals surface area contributed by atoms with Crippen molar-refractivity contribution >= 4 is 23.8 Å². The first kappa shape index (κ1) is 12.9. The molecule has 8 heteroatoms. The molecule has 1 saturated heterocycles. The van der Waals surface area contributed by atoms with E-state index in [-0.39, 0.29) is 23.8 Å². The zero-order valence-corrected chi connectivity index (χ0v) is 9.52. The number of carbonyl (C=O) groups is 1. The van der Waals surface area contributed by atoms with Gasteiger partial charge in [-0.2, -0.15) is 15.0 Å². The molecule has 94 valence electrons. The number of amides is 1. The van der Waals surface area contributed by atoms with Crippen molar-refractivity contribution in [1.29, 1.82) is 0 Å². The Kier molecular flexibility index (Phi) is 4.92. The number of rotatable bonds is 0. The Hall–Kier alpha value is -2.12. The number of nitrogens with two attached hydrogens (primary N) is 3. The highest BCUT2D eigenvalue weighted by Gasteiger charge is 2.03. The average Bonchev–Trinajstić information content (AvgIpc) is 2.44. The van der Waals surface area contributed by atoms with Crippen LogP contribution in [0.4, 0.5) is 17.8 Å². The summed E-state index contributed by atoms with van der Waals surface area (Å²) >= 11 is 0. The lowest BCUT2D eigenvalue weighted by Crippen LogP contribution is -2.21. The standard InChI is InChI=1S/C6H11NO.C3H6N6/c8-6-4-2-1-3-5-7-6;4-1-7-2(5)9-3(6)8-1/h1-5H2,(H,7,8);(H6,4,5,6,7,8,9). The number of nitrogen functional groups attached to an aromatic ring is 3. The van der Waals surface area contributed by atoms with Gasteiger partial charge in [-0.25, -0.2) is 0 Å². The Balaban J connectivity index is 0.000000171. The van der Waals surface area contributed by atoms with Crippen molar-refractivity contribution in [2.75, 3.05) is 23.7 Å². The average molecular weight is 239 g/mol. The molecule has 0 saturated carbocycles. The van der Waals surface area contributed by atoms with Gasteiger partial charge in [0.05, 0.1) is 0 Å². The summed E-state index contributed by atoms with van der Waals surface area (Å²) in [5, 5.41) is 2.81. The highest BCUT2D eigenvalue weighted by atomic mass is 16.1. The first-order valence-electron chi connectivity index (χ1n) is 5.37. The second-order valence-electron chi connectivity index (χ2n) is 3.57. The molecule has 0 aliphatic carbocycles. The van der Waals surface area contributed by atoms with E-state index in [0.29, 0.717) is 0 Å². The zero-order valence-electron chi connectivity index (χ0n) is 9.52. The van der Waals surface area contributed by atoms with E-state index >= 15 is 0 Å². The first-order chi connectivity index (χ1) is 8.08. The molecule has 0 radical (unpaired) electrons. The third-order valence-electron chi connectivity index (χ3n) is 2.09. The summed E-state index contributed by atoms with van der Waals surface area (Å²) < 4.78 is 0. The van der Waals surface area contributed by atoms with E-state index in [1.807, 2.05) is 0 Å². The number of aromatic nitrogens is 3. The molecule has 0 spiro atoms. The largest absolute Gasteiger partial charge is 0.368 e. The van der Waals surface area contributed by atoms with Crippen LogP contribution in [0, 0.1) is 0 Å². The van der Waals surface area contributed by atoms with E-state index in [1.54, 1.807) is 0 Å². The zero-order chi connectivity index (χ0) is 12.7. The minimum absolute atomic E-state index is 0.0417. The Labute approximate surface area is 99.0 Å². The van der Waals surface area contributed by atoms with Crippen LogP contribution in [-0.4, -0.2) is 27.4 Å². The van der Waals surface area contributed by atoms with E-state index < -0.39 is 0 Å². The molecule has 0 atom stereocenters. The van der Waals surface area contributed by atoms with Crippen LogP contribution in [0.5, 0.6) is 0 Å². The van der Waals surface area contributed by atoms with Gasteiger partial charge in [-0.3, -0.25) is 4.79 Å². The van der Waals surface area contributed by atoms with Crippen LogP contribution in [0.3, 0.4) is 0 Å². The third kappa shape index (κ3) is 5.50. The lowest BCUT2D eigenvalue weighted by molar-refractivity contribution is -0.120. The monoisotopic (exact) mass is 239 g/mol. The maximum absolute atomic E-state index is 10.6. The number of nitrogens with one attached hydrogen (secondary N) is 1. The van der Waals surface area contributed by atoms with Crippen molar-refractivity contribution in [1.82, 2.24) is 20.3 Å². The van der Waals surface area contributed by atoms with E-state index in [4.69, 9.17) is 17.2 Å². The lowest BCUT2D eigenvalue weighted by atomic mass is 10.2. The van der Waals surface area contributed by atoms with Crippen LogP contribution in [0.25, 0.3) is 0 Å². The van der Waals surface area contributed by atoms with Crippen molar-refractivity contribution in [3.63, 3.8) is 0 Å². The molecule has 0 bridgehead atoms. The molecule has 2 heterocycles. The van der Waals surface area contributed by atoms with Gasteiger partial charge in [0.25, 0.3) is 0 Å². The molecule has 8 nitrogen and oxygen atoms in total. The van der Waals surface area contributed by atoms with E-state index in [0.717, 1.165) is 25.8 Å². The van der Waals surface area contributed by atoms with Crippen LogP contribution in [0.15, 0.2) is 0 Å². The fourth-order valence-corrected chi connectivity index (χ4v) is 1.33. The number of nitrogens with zero attached hydrogens (tertiary/aromatic N) is 3. The normalized spacial score (nSPS) is 15.2. The number of anilines is 3. The van der Waals surface area contributed by atoms with Crippen molar-refractivity contribution in [2.24, 2.45) is 0 Å². The molecule has 7 N–H and O–H groups in total. The predicted molar refractivity (Wildman–Crippen MR) is 64.5 cm³/mol. The van der Waals surface area contributed by atoms with Crippen LogP contribution in [-0.2, 0) is 4.79 Å². The maximum atomic E-state index is 10.6.